The molecule has 2 aliphatic rings. The van der Waals surface area contributed by atoms with Crippen LogP contribution in [-0.2, 0) is 0 Å². The van der Waals surface area contributed by atoms with Crippen LogP contribution in [0.3, 0.4) is 0 Å². The molecule has 11 heteroatoms. The van der Waals surface area contributed by atoms with Gasteiger partial charge in [-0.25, -0.2) is 9.98 Å². The largest absolute Gasteiger partial charge is 0.573 e. The zero-order chi connectivity index (χ0) is 20.9. The van der Waals surface area contributed by atoms with Crippen molar-refractivity contribution in [1.82, 2.24) is 9.55 Å². The second-order valence-electron chi connectivity index (χ2n) is 6.77. The fraction of sp³-hybridized carbons (Fsp3) is 0.263. The van der Waals surface area contributed by atoms with E-state index in [0.717, 1.165) is 11.9 Å². The van der Waals surface area contributed by atoms with Gasteiger partial charge >= 0.3 is 6.36 Å². The Morgan fingerprint density at radius 1 is 1.10 bits per heavy atom. The van der Waals surface area contributed by atoms with E-state index in [1.165, 1.54) is 24.3 Å². The van der Waals surface area contributed by atoms with E-state index in [0.29, 0.717) is 41.7 Å². The summed E-state index contributed by atoms with van der Waals surface area (Å²) in [6.45, 7) is 1.09. The zero-order valence-corrected chi connectivity index (χ0v) is 15.4. The minimum atomic E-state index is -4.76. The molecule has 2 aromatic carbocycles. The SMILES string of the molecule is NC1=N[C@H](c2ccc(OC(F)(F)F)cc2)n2c(nc3cc4c(cc32)OCCCO4)N1. The van der Waals surface area contributed by atoms with Gasteiger partial charge in [0.2, 0.25) is 5.95 Å². The molecular formula is C19H16F3N5O3. The van der Waals surface area contributed by atoms with Crippen LogP contribution in [0.5, 0.6) is 17.2 Å². The van der Waals surface area contributed by atoms with Gasteiger partial charge in [0.25, 0.3) is 0 Å². The predicted molar refractivity (Wildman–Crippen MR) is 102 cm³/mol. The third-order valence-electron chi connectivity index (χ3n) is 4.72. The molecule has 156 valence electrons. The maximum Gasteiger partial charge on any atom is 0.573 e. The molecule has 1 aromatic heterocycles. The number of hydrogen-bond donors (Lipinski definition) is 2. The van der Waals surface area contributed by atoms with E-state index in [2.05, 4.69) is 20.0 Å². The van der Waals surface area contributed by atoms with Gasteiger partial charge in [0, 0.05) is 18.6 Å². The highest BCUT2D eigenvalue weighted by Crippen LogP contribution is 2.39. The van der Waals surface area contributed by atoms with Crippen LogP contribution in [-0.4, -0.2) is 35.1 Å². The number of aliphatic imine (C=N–C) groups is 1. The lowest BCUT2D eigenvalue weighted by Gasteiger charge is -2.24. The molecule has 0 bridgehead atoms. The fourth-order valence-electron chi connectivity index (χ4n) is 3.49. The van der Waals surface area contributed by atoms with E-state index in [-0.39, 0.29) is 11.7 Å². The number of imidazole rings is 1. The Labute approximate surface area is 168 Å². The van der Waals surface area contributed by atoms with Gasteiger partial charge in [0.1, 0.15) is 5.75 Å². The van der Waals surface area contributed by atoms with Crippen LogP contribution < -0.4 is 25.3 Å². The molecule has 0 amide bonds. The highest BCUT2D eigenvalue weighted by molar-refractivity contribution is 5.95. The number of alkyl halides is 3. The van der Waals surface area contributed by atoms with E-state index in [4.69, 9.17) is 15.2 Å². The molecule has 0 saturated heterocycles. The Hall–Kier alpha value is -3.63. The fourth-order valence-corrected chi connectivity index (χ4v) is 3.49. The van der Waals surface area contributed by atoms with Crippen molar-refractivity contribution in [3.05, 3.63) is 42.0 Å². The molecule has 0 radical (unpaired) electrons. The van der Waals surface area contributed by atoms with Gasteiger partial charge in [-0.15, -0.1) is 13.2 Å². The molecule has 8 nitrogen and oxygen atoms in total. The average Bonchev–Trinajstić information content (AvgIpc) is 2.86. The molecule has 0 saturated carbocycles. The number of nitrogens with two attached hydrogens (primary N) is 1. The third kappa shape index (κ3) is 3.31. The first-order valence-electron chi connectivity index (χ1n) is 9.15. The summed E-state index contributed by atoms with van der Waals surface area (Å²) in [4.78, 5) is 8.99. The summed E-state index contributed by atoms with van der Waals surface area (Å²) in [5, 5.41) is 2.92. The van der Waals surface area contributed by atoms with Crippen LogP contribution in [0.4, 0.5) is 19.1 Å². The Balaban J connectivity index is 1.58. The molecule has 5 rings (SSSR count). The lowest BCUT2D eigenvalue weighted by atomic mass is 10.1. The first-order chi connectivity index (χ1) is 14.4. The number of halogens is 3. The third-order valence-corrected chi connectivity index (χ3v) is 4.72. The molecule has 1 atom stereocenters. The molecule has 30 heavy (non-hydrogen) atoms. The maximum atomic E-state index is 12.4. The molecule has 0 spiro atoms. The predicted octanol–water partition coefficient (Wildman–Crippen LogP) is 3.38. The minimum absolute atomic E-state index is 0.146. The lowest BCUT2D eigenvalue weighted by molar-refractivity contribution is -0.274. The summed E-state index contributed by atoms with van der Waals surface area (Å²) >= 11 is 0. The number of fused-ring (bicyclic) bond motifs is 4. The summed E-state index contributed by atoms with van der Waals surface area (Å²) < 4.78 is 54.6. The maximum absolute atomic E-state index is 12.4. The van der Waals surface area contributed by atoms with Crippen molar-refractivity contribution in [2.45, 2.75) is 18.9 Å². The molecule has 0 aliphatic carbocycles. The number of rotatable bonds is 2. The number of hydrogen-bond acceptors (Lipinski definition) is 7. The highest BCUT2D eigenvalue weighted by atomic mass is 19.4. The van der Waals surface area contributed by atoms with Crippen molar-refractivity contribution in [3.8, 4) is 17.2 Å². The van der Waals surface area contributed by atoms with Crippen molar-refractivity contribution in [3.63, 3.8) is 0 Å². The molecule has 3 N–H and O–H groups in total. The Bertz CT molecular complexity index is 1140. The normalized spacial score (nSPS) is 18.2. The van der Waals surface area contributed by atoms with Crippen molar-refractivity contribution < 1.29 is 27.4 Å². The van der Waals surface area contributed by atoms with Gasteiger partial charge in [-0.2, -0.15) is 0 Å². The summed E-state index contributed by atoms with van der Waals surface area (Å²) in [5.74, 6) is 1.49. The average molecular weight is 419 g/mol. The van der Waals surface area contributed by atoms with Crippen molar-refractivity contribution in [2.75, 3.05) is 18.5 Å². The van der Waals surface area contributed by atoms with E-state index < -0.39 is 12.5 Å². The lowest BCUT2D eigenvalue weighted by Crippen LogP contribution is -2.31. The van der Waals surface area contributed by atoms with Gasteiger partial charge in [0.15, 0.2) is 23.6 Å². The number of guanidine groups is 1. The van der Waals surface area contributed by atoms with E-state index >= 15 is 0 Å². The van der Waals surface area contributed by atoms with Crippen LogP contribution in [0.2, 0.25) is 0 Å². The summed E-state index contributed by atoms with van der Waals surface area (Å²) in [6, 6.07) is 9.09. The Morgan fingerprint density at radius 2 is 1.80 bits per heavy atom. The van der Waals surface area contributed by atoms with Crippen LogP contribution in [0.15, 0.2) is 41.4 Å². The Kier molecular flexibility index (Phi) is 4.12. The van der Waals surface area contributed by atoms with Crippen LogP contribution in [0, 0.1) is 0 Å². The molecule has 0 fully saturated rings. The molecular weight excluding hydrogens is 403 g/mol. The van der Waals surface area contributed by atoms with Gasteiger partial charge in [-0.05, 0) is 17.7 Å². The number of nitrogens with one attached hydrogen (secondary N) is 1. The number of aromatic nitrogens is 2. The standard InChI is InChI=1S/C19H16F3N5O3/c20-19(21,22)30-11-4-2-10(3-5-11)16-25-17(23)26-18-24-12-8-14-15(9-13(12)27(16)18)29-7-1-6-28-14/h2-5,8-9,16H,1,6-7H2,(H3,23,24,25,26)/t16-/m0/s1. The van der Waals surface area contributed by atoms with Gasteiger partial charge in [-0.3, -0.25) is 9.88 Å². The molecule has 3 aromatic rings. The Morgan fingerprint density at radius 3 is 2.50 bits per heavy atom. The number of anilines is 1. The molecule has 2 aliphatic heterocycles. The number of benzene rings is 2. The minimum Gasteiger partial charge on any atom is -0.489 e. The highest BCUT2D eigenvalue weighted by Gasteiger charge is 2.31. The van der Waals surface area contributed by atoms with Crippen molar-refractivity contribution in [1.29, 1.82) is 0 Å². The summed E-state index contributed by atoms with van der Waals surface area (Å²) in [6.07, 6.45) is -4.61. The van der Waals surface area contributed by atoms with Crippen molar-refractivity contribution >= 4 is 22.9 Å². The zero-order valence-electron chi connectivity index (χ0n) is 15.4. The topological polar surface area (TPSA) is 95.9 Å². The second kappa shape index (κ2) is 6.71. The van der Waals surface area contributed by atoms with E-state index in [9.17, 15) is 13.2 Å². The van der Waals surface area contributed by atoms with Gasteiger partial charge in [-0.1, -0.05) is 12.1 Å². The number of ether oxygens (including phenoxy) is 3. The van der Waals surface area contributed by atoms with Gasteiger partial charge in [0.05, 0.1) is 24.2 Å². The molecule has 0 unspecified atom stereocenters. The first kappa shape index (κ1) is 18.4. The second-order valence-corrected chi connectivity index (χ2v) is 6.77. The monoisotopic (exact) mass is 419 g/mol. The first-order valence-corrected chi connectivity index (χ1v) is 9.15. The van der Waals surface area contributed by atoms with E-state index in [1.54, 1.807) is 10.6 Å². The molecule has 3 heterocycles. The van der Waals surface area contributed by atoms with E-state index in [1.807, 2.05) is 6.07 Å². The number of nitrogens with zero attached hydrogens (tertiary/aromatic N) is 3. The van der Waals surface area contributed by atoms with Crippen molar-refractivity contribution in [2.24, 2.45) is 10.7 Å². The van der Waals surface area contributed by atoms with Crippen LogP contribution in [0.25, 0.3) is 11.0 Å². The summed E-state index contributed by atoms with van der Waals surface area (Å²) in [7, 11) is 0. The van der Waals surface area contributed by atoms with Crippen LogP contribution >= 0.6 is 0 Å². The quantitative estimate of drug-likeness (QED) is 0.661. The summed E-state index contributed by atoms with van der Waals surface area (Å²) in [5.41, 5.74) is 7.90. The van der Waals surface area contributed by atoms with Crippen LogP contribution in [0.1, 0.15) is 18.2 Å². The smallest absolute Gasteiger partial charge is 0.489 e. The van der Waals surface area contributed by atoms with Gasteiger partial charge < -0.3 is 19.9 Å².